The van der Waals surface area contributed by atoms with E-state index < -0.39 is 6.04 Å². The smallest absolute Gasteiger partial charge is 0.251 e. The highest BCUT2D eigenvalue weighted by Gasteiger charge is 2.30. The molecule has 1 saturated heterocycles. The van der Waals surface area contributed by atoms with Crippen LogP contribution in [-0.2, 0) is 4.79 Å². The molecule has 1 aromatic rings. The van der Waals surface area contributed by atoms with Crippen LogP contribution in [0.25, 0.3) is 0 Å². The molecule has 0 aliphatic carbocycles. The van der Waals surface area contributed by atoms with Crippen LogP contribution in [0, 0.1) is 5.92 Å². The third-order valence-corrected chi connectivity index (χ3v) is 5.16. The van der Waals surface area contributed by atoms with Crippen LogP contribution in [0.1, 0.15) is 37.0 Å². The van der Waals surface area contributed by atoms with Crippen molar-refractivity contribution in [2.24, 2.45) is 5.92 Å². The van der Waals surface area contributed by atoms with Gasteiger partial charge >= 0.3 is 0 Å². The summed E-state index contributed by atoms with van der Waals surface area (Å²) in [5, 5.41) is 3.53. The molecule has 5 nitrogen and oxygen atoms in total. The van der Waals surface area contributed by atoms with Gasteiger partial charge in [0.15, 0.2) is 0 Å². The molecule has 0 radical (unpaired) electrons. The minimum absolute atomic E-state index is 0.0203. The van der Waals surface area contributed by atoms with Crippen LogP contribution in [-0.4, -0.2) is 60.9 Å². The Morgan fingerprint density at radius 2 is 1.84 bits per heavy atom. The Kier molecular flexibility index (Phi) is 7.26. The molecule has 2 amide bonds. The molecule has 2 atom stereocenters. The number of carbonyl (C=O) groups excluding carboxylic acids is 2. The van der Waals surface area contributed by atoms with Crippen LogP contribution in [0.3, 0.4) is 0 Å². The Hall–Kier alpha value is -1.59. The second kappa shape index (κ2) is 9.20. The second-order valence-corrected chi connectivity index (χ2v) is 7.26. The molecule has 1 heterocycles. The molecule has 6 heteroatoms. The first-order valence-electron chi connectivity index (χ1n) is 8.96. The molecule has 0 aromatic heterocycles. The zero-order valence-electron chi connectivity index (χ0n) is 15.3. The van der Waals surface area contributed by atoms with E-state index in [0.29, 0.717) is 17.1 Å². The normalized spacial score (nSPS) is 18.3. The summed E-state index contributed by atoms with van der Waals surface area (Å²) in [5.74, 6) is -0.140. The number of carbonyl (C=O) groups is 2. The fourth-order valence-electron chi connectivity index (χ4n) is 2.97. The van der Waals surface area contributed by atoms with Crippen molar-refractivity contribution in [1.82, 2.24) is 15.1 Å². The Morgan fingerprint density at radius 3 is 2.48 bits per heavy atom. The van der Waals surface area contributed by atoms with E-state index in [1.807, 2.05) is 18.7 Å². The summed E-state index contributed by atoms with van der Waals surface area (Å²) in [7, 11) is 2.07. The number of halogens is 1. The lowest BCUT2D eigenvalue weighted by atomic mass is 9.97. The van der Waals surface area contributed by atoms with Crippen LogP contribution in [0.15, 0.2) is 24.3 Å². The van der Waals surface area contributed by atoms with E-state index in [1.165, 1.54) is 0 Å². The number of amides is 2. The van der Waals surface area contributed by atoms with Crippen molar-refractivity contribution < 1.29 is 9.59 Å². The van der Waals surface area contributed by atoms with Crippen molar-refractivity contribution in [3.63, 3.8) is 0 Å². The van der Waals surface area contributed by atoms with Gasteiger partial charge in [-0.1, -0.05) is 31.9 Å². The monoisotopic (exact) mass is 365 g/mol. The first kappa shape index (κ1) is 19.7. The Labute approximate surface area is 155 Å². The van der Waals surface area contributed by atoms with Crippen LogP contribution < -0.4 is 5.32 Å². The van der Waals surface area contributed by atoms with E-state index in [9.17, 15) is 9.59 Å². The average molecular weight is 366 g/mol. The molecule has 1 aromatic carbocycles. The minimum Gasteiger partial charge on any atom is -0.340 e. The first-order chi connectivity index (χ1) is 11.9. The summed E-state index contributed by atoms with van der Waals surface area (Å²) in [5.41, 5.74) is 0.515. The van der Waals surface area contributed by atoms with E-state index in [-0.39, 0.29) is 17.7 Å². The minimum atomic E-state index is -0.503. The van der Waals surface area contributed by atoms with Crippen LogP contribution >= 0.6 is 11.6 Å². The number of nitrogens with one attached hydrogen (secondary N) is 1. The lowest BCUT2D eigenvalue weighted by Gasteiger charge is -2.30. The van der Waals surface area contributed by atoms with Crippen LogP contribution in [0.4, 0.5) is 0 Å². The summed E-state index contributed by atoms with van der Waals surface area (Å²) in [6.45, 7) is 7.36. The summed E-state index contributed by atoms with van der Waals surface area (Å²) in [6.07, 6.45) is 1.78. The maximum Gasteiger partial charge on any atom is 0.251 e. The topological polar surface area (TPSA) is 52.7 Å². The molecule has 25 heavy (non-hydrogen) atoms. The molecule has 0 spiro atoms. The maximum absolute atomic E-state index is 13.1. The van der Waals surface area contributed by atoms with Gasteiger partial charge in [0.25, 0.3) is 5.91 Å². The number of nitrogens with zero attached hydrogens (tertiary/aromatic N) is 2. The highest BCUT2D eigenvalue weighted by atomic mass is 35.5. The van der Waals surface area contributed by atoms with E-state index in [4.69, 9.17) is 11.6 Å². The number of benzene rings is 1. The summed E-state index contributed by atoms with van der Waals surface area (Å²) in [6, 6.07) is 6.21. The van der Waals surface area contributed by atoms with Crippen molar-refractivity contribution in [3.05, 3.63) is 34.9 Å². The van der Waals surface area contributed by atoms with Crippen molar-refractivity contribution in [1.29, 1.82) is 0 Å². The lowest BCUT2D eigenvalue weighted by molar-refractivity contribution is -0.134. The number of rotatable bonds is 5. The average Bonchev–Trinajstić information content (AvgIpc) is 2.83. The second-order valence-electron chi connectivity index (χ2n) is 6.83. The molecular weight excluding hydrogens is 338 g/mol. The van der Waals surface area contributed by atoms with Crippen LogP contribution in [0.2, 0.25) is 5.02 Å². The Morgan fingerprint density at radius 1 is 1.16 bits per heavy atom. The predicted octanol–water partition coefficient (Wildman–Crippen LogP) is 2.65. The van der Waals surface area contributed by atoms with E-state index in [0.717, 1.165) is 32.5 Å². The molecule has 1 fully saturated rings. The molecule has 2 rings (SSSR count). The summed E-state index contributed by atoms with van der Waals surface area (Å²) in [4.78, 5) is 29.7. The standard InChI is InChI=1S/C19H28ClN3O2/c1-4-14(2)17(19(25)23-11-5-10-22(3)12-13-23)21-18(24)15-6-8-16(20)9-7-15/h6-9,14,17H,4-5,10-13H2,1-3H3,(H,21,24). The summed E-state index contributed by atoms with van der Waals surface area (Å²) < 4.78 is 0. The first-order valence-corrected chi connectivity index (χ1v) is 9.34. The molecule has 1 aliphatic rings. The maximum atomic E-state index is 13.1. The highest BCUT2D eigenvalue weighted by molar-refractivity contribution is 6.30. The molecule has 1 aliphatic heterocycles. The van der Waals surface area contributed by atoms with Gasteiger partial charge in [0.1, 0.15) is 6.04 Å². The van der Waals surface area contributed by atoms with Gasteiger partial charge in [0.05, 0.1) is 0 Å². The van der Waals surface area contributed by atoms with Crippen molar-refractivity contribution >= 4 is 23.4 Å². The van der Waals surface area contributed by atoms with Gasteiger partial charge in [0.2, 0.25) is 5.91 Å². The lowest BCUT2D eigenvalue weighted by Crippen LogP contribution is -2.52. The summed E-state index contributed by atoms with van der Waals surface area (Å²) >= 11 is 5.88. The van der Waals surface area contributed by atoms with Gasteiger partial charge in [-0.05, 0) is 50.2 Å². The van der Waals surface area contributed by atoms with E-state index >= 15 is 0 Å². The molecule has 2 unspecified atom stereocenters. The van der Waals surface area contributed by atoms with Gasteiger partial charge in [-0.2, -0.15) is 0 Å². The van der Waals surface area contributed by atoms with Gasteiger partial charge in [-0.3, -0.25) is 9.59 Å². The van der Waals surface area contributed by atoms with Crippen molar-refractivity contribution in [3.8, 4) is 0 Å². The largest absolute Gasteiger partial charge is 0.340 e. The van der Waals surface area contributed by atoms with Crippen LogP contribution in [0.5, 0.6) is 0 Å². The molecule has 138 valence electrons. The fraction of sp³-hybridized carbons (Fsp3) is 0.579. The number of likely N-dealkylation sites (N-methyl/N-ethyl adjacent to an activating group) is 1. The zero-order chi connectivity index (χ0) is 18.4. The number of hydrogen-bond donors (Lipinski definition) is 1. The Bertz CT molecular complexity index is 591. The van der Waals surface area contributed by atoms with Gasteiger partial charge in [-0.25, -0.2) is 0 Å². The predicted molar refractivity (Wildman–Crippen MR) is 101 cm³/mol. The highest BCUT2D eigenvalue weighted by Crippen LogP contribution is 2.15. The van der Waals surface area contributed by atoms with Gasteiger partial charge in [0, 0.05) is 30.2 Å². The molecule has 0 bridgehead atoms. The molecule has 1 N–H and O–H groups in total. The van der Waals surface area contributed by atoms with Gasteiger partial charge < -0.3 is 15.1 Å². The number of hydrogen-bond acceptors (Lipinski definition) is 3. The Balaban J connectivity index is 2.10. The van der Waals surface area contributed by atoms with E-state index in [1.54, 1.807) is 24.3 Å². The van der Waals surface area contributed by atoms with E-state index in [2.05, 4.69) is 17.3 Å². The van der Waals surface area contributed by atoms with Gasteiger partial charge in [-0.15, -0.1) is 0 Å². The van der Waals surface area contributed by atoms with Crippen molar-refractivity contribution in [2.75, 3.05) is 33.2 Å². The molecular formula is C19H28ClN3O2. The molecule has 0 saturated carbocycles. The van der Waals surface area contributed by atoms with Crippen molar-refractivity contribution in [2.45, 2.75) is 32.7 Å². The fourth-order valence-corrected chi connectivity index (χ4v) is 3.10. The third-order valence-electron chi connectivity index (χ3n) is 4.90. The quantitative estimate of drug-likeness (QED) is 0.872. The zero-order valence-corrected chi connectivity index (χ0v) is 16.1. The SMILES string of the molecule is CCC(C)C(NC(=O)c1ccc(Cl)cc1)C(=O)N1CCCN(C)CC1. The third kappa shape index (κ3) is 5.44.